The van der Waals surface area contributed by atoms with Gasteiger partial charge >= 0.3 is 0 Å². The van der Waals surface area contributed by atoms with Crippen LogP contribution in [0.3, 0.4) is 0 Å². The highest BCUT2D eigenvalue weighted by molar-refractivity contribution is 5.14. The van der Waals surface area contributed by atoms with E-state index >= 15 is 0 Å². The lowest BCUT2D eigenvalue weighted by Gasteiger charge is -2.37. The molecule has 116 valence electrons. The topological polar surface area (TPSA) is 9.23 Å². The monoisotopic (exact) mass is 286 g/mol. The molecule has 1 saturated carbocycles. The molecule has 1 aromatic rings. The van der Waals surface area contributed by atoms with Crippen LogP contribution in [0.25, 0.3) is 0 Å². The summed E-state index contributed by atoms with van der Waals surface area (Å²) < 4.78 is 5.76. The first-order valence-electron chi connectivity index (χ1n) is 8.45. The van der Waals surface area contributed by atoms with Crippen LogP contribution in [-0.2, 0) is 11.2 Å². The number of hydrogen-bond acceptors (Lipinski definition) is 1. The molecule has 0 saturated heterocycles. The van der Waals surface area contributed by atoms with Crippen molar-refractivity contribution >= 4 is 0 Å². The Hall–Kier alpha value is -1.24. The molecular formula is C20H30O. The van der Waals surface area contributed by atoms with Crippen LogP contribution in [0.1, 0.15) is 58.4 Å². The summed E-state index contributed by atoms with van der Waals surface area (Å²) in [5.41, 5.74) is 3.36. The quantitative estimate of drug-likeness (QED) is 0.477. The van der Waals surface area contributed by atoms with Gasteiger partial charge in [0.05, 0.1) is 12.9 Å². The highest BCUT2D eigenvalue weighted by Crippen LogP contribution is 2.41. The third kappa shape index (κ3) is 4.91. The lowest BCUT2D eigenvalue weighted by atomic mass is 9.69. The predicted octanol–water partition coefficient (Wildman–Crippen LogP) is 5.76. The molecule has 0 unspecified atom stereocenters. The maximum atomic E-state index is 5.76. The second-order valence-corrected chi connectivity index (χ2v) is 7.00. The maximum absolute atomic E-state index is 5.76. The zero-order chi connectivity index (χ0) is 15.1. The largest absolute Gasteiger partial charge is 0.501 e. The molecule has 2 rings (SSSR count). The Morgan fingerprint density at radius 3 is 2.43 bits per heavy atom. The van der Waals surface area contributed by atoms with Gasteiger partial charge in [0.2, 0.25) is 0 Å². The standard InChI is InChI=1S/C20H30O/c1-4-20(2,3)19-12-10-18(11-13-19)16-21-15-14-17-8-6-5-7-9-17/h5-9,16,19H,4,10-15H2,1-3H3. The fraction of sp³-hybridized carbons (Fsp3) is 0.600. The van der Waals surface area contributed by atoms with Crippen LogP contribution in [0.2, 0.25) is 0 Å². The number of allylic oxidation sites excluding steroid dienone is 1. The van der Waals surface area contributed by atoms with Crippen LogP contribution in [0.4, 0.5) is 0 Å². The van der Waals surface area contributed by atoms with E-state index in [1.54, 1.807) is 0 Å². The molecule has 0 radical (unpaired) electrons. The fourth-order valence-electron chi connectivity index (χ4n) is 3.17. The van der Waals surface area contributed by atoms with E-state index in [4.69, 9.17) is 4.74 Å². The summed E-state index contributed by atoms with van der Waals surface area (Å²) in [7, 11) is 0. The molecule has 1 aromatic carbocycles. The molecule has 21 heavy (non-hydrogen) atoms. The molecule has 0 heterocycles. The van der Waals surface area contributed by atoms with E-state index < -0.39 is 0 Å². The molecular weight excluding hydrogens is 256 g/mol. The van der Waals surface area contributed by atoms with Gasteiger partial charge in [-0.25, -0.2) is 0 Å². The van der Waals surface area contributed by atoms with Crippen molar-refractivity contribution in [3.8, 4) is 0 Å². The van der Waals surface area contributed by atoms with Gasteiger partial charge in [-0.15, -0.1) is 0 Å². The predicted molar refractivity (Wildman–Crippen MR) is 90.2 cm³/mol. The summed E-state index contributed by atoms with van der Waals surface area (Å²) in [5.74, 6) is 0.879. The van der Waals surface area contributed by atoms with Crippen molar-refractivity contribution < 1.29 is 4.74 Å². The van der Waals surface area contributed by atoms with E-state index in [0.29, 0.717) is 5.41 Å². The van der Waals surface area contributed by atoms with E-state index in [0.717, 1.165) is 18.9 Å². The van der Waals surface area contributed by atoms with E-state index in [9.17, 15) is 0 Å². The third-order valence-electron chi connectivity index (χ3n) is 5.25. The summed E-state index contributed by atoms with van der Waals surface area (Å²) >= 11 is 0. The van der Waals surface area contributed by atoms with Crippen molar-refractivity contribution in [2.75, 3.05) is 6.61 Å². The molecule has 1 aliphatic rings. The van der Waals surface area contributed by atoms with Gasteiger partial charge in [0.1, 0.15) is 0 Å². The SMILES string of the molecule is CCC(C)(C)C1CCC(=COCCc2ccccc2)CC1. The maximum Gasteiger partial charge on any atom is 0.0913 e. The van der Waals surface area contributed by atoms with Crippen LogP contribution in [0, 0.1) is 11.3 Å². The minimum Gasteiger partial charge on any atom is -0.501 e. The van der Waals surface area contributed by atoms with E-state index in [-0.39, 0.29) is 0 Å². The lowest BCUT2D eigenvalue weighted by molar-refractivity contribution is 0.163. The number of ether oxygens (including phenoxy) is 1. The minimum atomic E-state index is 0.500. The first-order valence-corrected chi connectivity index (χ1v) is 8.45. The summed E-state index contributed by atoms with van der Waals surface area (Å²) in [4.78, 5) is 0. The Labute approximate surface area is 130 Å². The molecule has 0 spiro atoms. The fourth-order valence-corrected chi connectivity index (χ4v) is 3.17. The molecule has 0 atom stereocenters. The van der Waals surface area contributed by atoms with Crippen molar-refractivity contribution in [2.45, 2.75) is 59.3 Å². The Morgan fingerprint density at radius 2 is 1.81 bits per heavy atom. The Kier molecular flexibility index (Phi) is 5.90. The lowest BCUT2D eigenvalue weighted by Crippen LogP contribution is -2.25. The van der Waals surface area contributed by atoms with Crippen LogP contribution < -0.4 is 0 Å². The molecule has 1 fully saturated rings. The van der Waals surface area contributed by atoms with Crippen molar-refractivity contribution in [3.05, 3.63) is 47.7 Å². The van der Waals surface area contributed by atoms with Crippen LogP contribution in [0.5, 0.6) is 0 Å². The second-order valence-electron chi connectivity index (χ2n) is 7.00. The second kappa shape index (κ2) is 7.68. The molecule has 1 aliphatic carbocycles. The van der Waals surface area contributed by atoms with Crippen LogP contribution in [-0.4, -0.2) is 6.61 Å². The zero-order valence-corrected chi connectivity index (χ0v) is 13.9. The van der Waals surface area contributed by atoms with E-state index in [1.807, 2.05) is 6.26 Å². The Morgan fingerprint density at radius 1 is 1.14 bits per heavy atom. The molecule has 1 heteroatoms. The number of rotatable bonds is 6. The van der Waals surface area contributed by atoms with Gasteiger partial charge in [-0.2, -0.15) is 0 Å². The van der Waals surface area contributed by atoms with Crippen molar-refractivity contribution in [1.82, 2.24) is 0 Å². The molecule has 0 bridgehead atoms. The first kappa shape index (κ1) is 16.1. The average molecular weight is 286 g/mol. The highest BCUT2D eigenvalue weighted by atomic mass is 16.5. The van der Waals surface area contributed by atoms with Crippen LogP contribution in [0.15, 0.2) is 42.2 Å². The Balaban J connectivity index is 1.70. The van der Waals surface area contributed by atoms with Gasteiger partial charge < -0.3 is 4.74 Å². The van der Waals surface area contributed by atoms with Crippen molar-refractivity contribution in [1.29, 1.82) is 0 Å². The van der Waals surface area contributed by atoms with Gasteiger partial charge in [0.25, 0.3) is 0 Å². The minimum absolute atomic E-state index is 0.500. The van der Waals surface area contributed by atoms with Gasteiger partial charge in [-0.3, -0.25) is 0 Å². The van der Waals surface area contributed by atoms with Gasteiger partial charge in [0, 0.05) is 6.42 Å². The molecule has 0 amide bonds. The summed E-state index contributed by atoms with van der Waals surface area (Å²) in [5, 5.41) is 0. The normalized spacial score (nSPS) is 19.4. The van der Waals surface area contributed by atoms with Gasteiger partial charge in [0.15, 0.2) is 0 Å². The molecule has 0 N–H and O–H groups in total. The van der Waals surface area contributed by atoms with Crippen molar-refractivity contribution in [2.24, 2.45) is 11.3 Å². The number of benzene rings is 1. The molecule has 0 aromatic heterocycles. The van der Waals surface area contributed by atoms with Crippen molar-refractivity contribution in [3.63, 3.8) is 0 Å². The molecule has 1 nitrogen and oxygen atoms in total. The summed E-state index contributed by atoms with van der Waals surface area (Å²) in [6.07, 6.45) is 9.42. The summed E-state index contributed by atoms with van der Waals surface area (Å²) in [6, 6.07) is 10.6. The zero-order valence-electron chi connectivity index (χ0n) is 13.9. The third-order valence-corrected chi connectivity index (χ3v) is 5.25. The van der Waals surface area contributed by atoms with Crippen LogP contribution >= 0.6 is 0 Å². The van der Waals surface area contributed by atoms with Gasteiger partial charge in [-0.1, -0.05) is 57.5 Å². The summed E-state index contributed by atoms with van der Waals surface area (Å²) in [6.45, 7) is 7.95. The number of hydrogen-bond donors (Lipinski definition) is 0. The molecule has 0 aliphatic heterocycles. The highest BCUT2D eigenvalue weighted by Gasteiger charge is 2.29. The first-order chi connectivity index (χ1) is 10.1. The smallest absolute Gasteiger partial charge is 0.0913 e. The average Bonchev–Trinajstić information content (AvgIpc) is 2.53. The Bertz CT molecular complexity index is 434. The van der Waals surface area contributed by atoms with E-state index in [2.05, 4.69) is 51.1 Å². The van der Waals surface area contributed by atoms with E-state index in [1.165, 1.54) is 43.2 Å². The van der Waals surface area contributed by atoms with Gasteiger partial charge in [-0.05, 0) is 48.2 Å².